The second-order valence-electron chi connectivity index (χ2n) is 5.73. The van der Waals surface area contributed by atoms with Crippen molar-refractivity contribution in [2.45, 2.75) is 62.9 Å². The van der Waals surface area contributed by atoms with Crippen molar-refractivity contribution in [3.8, 4) is 0 Å². The van der Waals surface area contributed by atoms with Gasteiger partial charge in [0, 0.05) is 24.5 Å². The number of hydrogen-bond donors (Lipinski definition) is 2. The van der Waals surface area contributed by atoms with E-state index in [2.05, 4.69) is 0 Å². The third kappa shape index (κ3) is 3.02. The Labute approximate surface area is 107 Å². The van der Waals surface area contributed by atoms with Gasteiger partial charge >= 0.3 is 5.97 Å². The predicted octanol–water partition coefficient (Wildman–Crippen LogP) is 1.11. The largest absolute Gasteiger partial charge is 0.481 e. The van der Waals surface area contributed by atoms with Crippen LogP contribution in [0.1, 0.15) is 51.4 Å². The lowest BCUT2D eigenvalue weighted by atomic mass is 9.94. The van der Waals surface area contributed by atoms with Gasteiger partial charge in [-0.15, -0.1) is 0 Å². The SMILES string of the molecule is NC1(CC(=O)N2CCCC2CC(=O)O)CCCC1. The van der Waals surface area contributed by atoms with Crippen molar-refractivity contribution < 1.29 is 14.7 Å². The Morgan fingerprint density at radius 1 is 1.28 bits per heavy atom. The zero-order valence-electron chi connectivity index (χ0n) is 10.7. The van der Waals surface area contributed by atoms with Crippen molar-refractivity contribution in [1.82, 2.24) is 4.90 Å². The van der Waals surface area contributed by atoms with Crippen LogP contribution in [0.5, 0.6) is 0 Å². The first-order valence-electron chi connectivity index (χ1n) is 6.80. The molecule has 2 fully saturated rings. The first-order chi connectivity index (χ1) is 8.50. The van der Waals surface area contributed by atoms with Crippen molar-refractivity contribution in [1.29, 1.82) is 0 Å². The van der Waals surface area contributed by atoms with Crippen LogP contribution in [0.4, 0.5) is 0 Å². The zero-order valence-corrected chi connectivity index (χ0v) is 10.7. The minimum absolute atomic E-state index is 0.0446. The lowest BCUT2D eigenvalue weighted by Gasteiger charge is -2.29. The first-order valence-corrected chi connectivity index (χ1v) is 6.80. The second kappa shape index (κ2) is 5.26. The quantitative estimate of drug-likeness (QED) is 0.787. The summed E-state index contributed by atoms with van der Waals surface area (Å²) in [7, 11) is 0. The third-order valence-corrected chi connectivity index (χ3v) is 4.21. The Morgan fingerprint density at radius 2 is 1.94 bits per heavy atom. The molecule has 0 bridgehead atoms. The number of nitrogens with two attached hydrogens (primary N) is 1. The van der Waals surface area contributed by atoms with E-state index >= 15 is 0 Å². The number of nitrogens with zero attached hydrogens (tertiary/aromatic N) is 1. The highest BCUT2D eigenvalue weighted by molar-refractivity contribution is 5.79. The van der Waals surface area contributed by atoms with E-state index in [9.17, 15) is 9.59 Å². The molecule has 0 spiro atoms. The van der Waals surface area contributed by atoms with Crippen LogP contribution in [-0.4, -0.2) is 40.0 Å². The van der Waals surface area contributed by atoms with Crippen molar-refractivity contribution in [2.75, 3.05) is 6.54 Å². The maximum atomic E-state index is 12.3. The van der Waals surface area contributed by atoms with Gasteiger partial charge in [0.1, 0.15) is 0 Å². The Kier molecular flexibility index (Phi) is 3.90. The summed E-state index contributed by atoms with van der Waals surface area (Å²) in [4.78, 5) is 24.8. The number of carboxylic acid groups (broad SMARTS) is 1. The fourth-order valence-electron chi connectivity index (χ4n) is 3.24. The van der Waals surface area contributed by atoms with Crippen LogP contribution in [0.15, 0.2) is 0 Å². The molecule has 1 aliphatic heterocycles. The van der Waals surface area contributed by atoms with Gasteiger partial charge in [0.2, 0.25) is 5.91 Å². The molecule has 0 aromatic heterocycles. The van der Waals surface area contributed by atoms with Gasteiger partial charge in [-0.2, -0.15) is 0 Å². The van der Waals surface area contributed by atoms with E-state index in [1.807, 2.05) is 0 Å². The van der Waals surface area contributed by atoms with Gasteiger partial charge in [-0.05, 0) is 25.7 Å². The van der Waals surface area contributed by atoms with Gasteiger partial charge in [0.15, 0.2) is 0 Å². The fourth-order valence-corrected chi connectivity index (χ4v) is 3.24. The molecule has 102 valence electrons. The summed E-state index contributed by atoms with van der Waals surface area (Å²) in [6.07, 6.45) is 6.17. The van der Waals surface area contributed by atoms with Gasteiger partial charge < -0.3 is 15.7 Å². The van der Waals surface area contributed by atoms with Crippen molar-refractivity contribution in [2.24, 2.45) is 5.73 Å². The Hall–Kier alpha value is -1.10. The zero-order chi connectivity index (χ0) is 13.2. The Bertz CT molecular complexity index is 337. The summed E-state index contributed by atoms with van der Waals surface area (Å²) in [5, 5.41) is 8.85. The van der Waals surface area contributed by atoms with Crippen LogP contribution in [0.25, 0.3) is 0 Å². The van der Waals surface area contributed by atoms with Crippen LogP contribution >= 0.6 is 0 Å². The summed E-state index contributed by atoms with van der Waals surface area (Å²) in [6.45, 7) is 0.687. The normalized spacial score (nSPS) is 26.5. The monoisotopic (exact) mass is 254 g/mol. The number of amides is 1. The van der Waals surface area contributed by atoms with E-state index in [0.717, 1.165) is 38.5 Å². The van der Waals surface area contributed by atoms with Gasteiger partial charge in [0.25, 0.3) is 0 Å². The summed E-state index contributed by atoms with van der Waals surface area (Å²) < 4.78 is 0. The molecule has 1 unspecified atom stereocenters. The smallest absolute Gasteiger partial charge is 0.305 e. The lowest BCUT2D eigenvalue weighted by molar-refractivity contribution is -0.140. The second-order valence-corrected chi connectivity index (χ2v) is 5.73. The number of carboxylic acids is 1. The number of rotatable bonds is 4. The summed E-state index contributed by atoms with van der Waals surface area (Å²) in [6, 6.07) is -0.125. The van der Waals surface area contributed by atoms with Crippen LogP contribution in [0.2, 0.25) is 0 Å². The molecule has 1 aliphatic carbocycles. The summed E-state index contributed by atoms with van der Waals surface area (Å²) >= 11 is 0. The highest BCUT2D eigenvalue weighted by Crippen LogP contribution is 2.32. The van der Waals surface area contributed by atoms with Gasteiger partial charge in [-0.1, -0.05) is 12.8 Å². The van der Waals surface area contributed by atoms with E-state index in [1.165, 1.54) is 0 Å². The minimum Gasteiger partial charge on any atom is -0.481 e. The maximum absolute atomic E-state index is 12.3. The van der Waals surface area contributed by atoms with Crippen LogP contribution in [-0.2, 0) is 9.59 Å². The molecule has 0 aromatic rings. The summed E-state index contributed by atoms with van der Waals surface area (Å²) in [5.41, 5.74) is 5.87. The predicted molar refractivity (Wildman–Crippen MR) is 67.0 cm³/mol. The Morgan fingerprint density at radius 3 is 2.56 bits per heavy atom. The van der Waals surface area contributed by atoms with Gasteiger partial charge in [-0.3, -0.25) is 9.59 Å². The molecule has 5 nitrogen and oxygen atoms in total. The van der Waals surface area contributed by atoms with E-state index in [0.29, 0.717) is 13.0 Å². The molecule has 1 saturated carbocycles. The van der Waals surface area contributed by atoms with Crippen LogP contribution < -0.4 is 5.73 Å². The lowest BCUT2D eigenvalue weighted by Crippen LogP contribution is -2.45. The highest BCUT2D eigenvalue weighted by Gasteiger charge is 2.36. The van der Waals surface area contributed by atoms with E-state index in [1.54, 1.807) is 4.90 Å². The standard InChI is InChI=1S/C13H22N2O3/c14-13(5-1-2-6-13)9-11(16)15-7-3-4-10(15)8-12(17)18/h10H,1-9,14H2,(H,17,18). The maximum Gasteiger partial charge on any atom is 0.305 e. The van der Waals surface area contributed by atoms with Gasteiger partial charge in [0.05, 0.1) is 6.42 Å². The number of likely N-dealkylation sites (tertiary alicyclic amines) is 1. The minimum atomic E-state index is -0.831. The van der Waals surface area contributed by atoms with E-state index < -0.39 is 5.97 Å². The van der Waals surface area contributed by atoms with Crippen molar-refractivity contribution >= 4 is 11.9 Å². The van der Waals surface area contributed by atoms with Crippen molar-refractivity contribution in [3.63, 3.8) is 0 Å². The van der Waals surface area contributed by atoms with Crippen molar-refractivity contribution in [3.05, 3.63) is 0 Å². The number of carbonyl (C=O) groups excluding carboxylic acids is 1. The molecule has 2 aliphatic rings. The Balaban J connectivity index is 1.93. The van der Waals surface area contributed by atoms with Crippen LogP contribution in [0.3, 0.4) is 0 Å². The molecule has 1 atom stereocenters. The van der Waals surface area contributed by atoms with Crippen LogP contribution in [0, 0.1) is 0 Å². The molecule has 0 aromatic carbocycles. The molecule has 5 heteroatoms. The summed E-state index contributed by atoms with van der Waals surface area (Å²) in [5.74, 6) is -0.786. The number of hydrogen-bond acceptors (Lipinski definition) is 3. The fraction of sp³-hybridized carbons (Fsp3) is 0.846. The molecule has 18 heavy (non-hydrogen) atoms. The highest BCUT2D eigenvalue weighted by atomic mass is 16.4. The van der Waals surface area contributed by atoms with E-state index in [-0.39, 0.29) is 23.9 Å². The number of aliphatic carboxylic acids is 1. The molecular weight excluding hydrogens is 232 g/mol. The molecular formula is C13H22N2O3. The molecule has 1 saturated heterocycles. The molecule has 1 heterocycles. The molecule has 2 rings (SSSR count). The first kappa shape index (κ1) is 13.3. The molecule has 1 amide bonds. The topological polar surface area (TPSA) is 83.6 Å². The van der Waals surface area contributed by atoms with Gasteiger partial charge in [-0.25, -0.2) is 0 Å². The van der Waals surface area contributed by atoms with E-state index in [4.69, 9.17) is 10.8 Å². The third-order valence-electron chi connectivity index (χ3n) is 4.21. The number of carbonyl (C=O) groups is 2. The average Bonchev–Trinajstić information content (AvgIpc) is 2.86. The molecule has 3 N–H and O–H groups in total. The molecule has 0 radical (unpaired) electrons. The average molecular weight is 254 g/mol.